The van der Waals surface area contributed by atoms with Gasteiger partial charge >= 0.3 is 6.03 Å². The molecule has 0 unspecified atom stereocenters. The lowest BCUT2D eigenvalue weighted by molar-refractivity contribution is -0.114. The largest absolute Gasteiger partial charge is 0.493 e. The topological polar surface area (TPSA) is 88.7 Å². The standard InChI is InChI=1S/C21H26FN3O4/c1-4-5-6-11-23-21(27)25-18-13-19(28-3)20(12-17(18)22)29-16-9-7-15(8-10-16)24-14(2)26/h7-10,12-13H,4-6,11H2,1-3H3,(H,24,26)(H2,23,25,27). The molecule has 0 aliphatic rings. The van der Waals surface area contributed by atoms with Gasteiger partial charge in [-0.05, 0) is 30.7 Å². The van der Waals surface area contributed by atoms with Crippen molar-refractivity contribution < 1.29 is 23.5 Å². The van der Waals surface area contributed by atoms with Crippen LogP contribution in [0.4, 0.5) is 20.6 Å². The zero-order chi connectivity index (χ0) is 21.2. The summed E-state index contributed by atoms with van der Waals surface area (Å²) in [5, 5.41) is 7.81. The SMILES string of the molecule is CCCCCNC(=O)Nc1cc(OC)c(Oc2ccc(NC(C)=O)cc2)cc1F. The monoisotopic (exact) mass is 403 g/mol. The van der Waals surface area contributed by atoms with Crippen LogP contribution in [0.3, 0.4) is 0 Å². The molecule has 0 radical (unpaired) electrons. The molecule has 3 amide bonds. The van der Waals surface area contributed by atoms with E-state index >= 15 is 0 Å². The Bertz CT molecular complexity index is 841. The van der Waals surface area contributed by atoms with Gasteiger partial charge in [-0.25, -0.2) is 9.18 Å². The zero-order valence-electron chi connectivity index (χ0n) is 16.8. The van der Waals surface area contributed by atoms with Crippen LogP contribution in [-0.4, -0.2) is 25.6 Å². The molecule has 0 spiro atoms. The number of methoxy groups -OCH3 is 1. The van der Waals surface area contributed by atoms with E-state index in [2.05, 4.69) is 22.9 Å². The number of unbranched alkanes of at least 4 members (excludes halogenated alkanes) is 2. The highest BCUT2D eigenvalue weighted by atomic mass is 19.1. The second-order valence-corrected chi connectivity index (χ2v) is 6.38. The maximum absolute atomic E-state index is 14.5. The Morgan fingerprint density at radius 2 is 1.76 bits per heavy atom. The molecule has 2 aromatic carbocycles. The molecule has 0 saturated heterocycles. The van der Waals surface area contributed by atoms with E-state index in [-0.39, 0.29) is 23.1 Å². The van der Waals surface area contributed by atoms with Crippen LogP contribution in [0.5, 0.6) is 17.2 Å². The average Bonchev–Trinajstić information content (AvgIpc) is 2.68. The molecular weight excluding hydrogens is 377 g/mol. The summed E-state index contributed by atoms with van der Waals surface area (Å²) in [6, 6.07) is 8.63. The highest BCUT2D eigenvalue weighted by Gasteiger charge is 2.14. The Balaban J connectivity index is 2.07. The van der Waals surface area contributed by atoms with Crippen LogP contribution in [0.25, 0.3) is 0 Å². The Labute approximate surface area is 169 Å². The van der Waals surface area contributed by atoms with Crippen molar-refractivity contribution in [3.63, 3.8) is 0 Å². The number of ether oxygens (including phenoxy) is 2. The summed E-state index contributed by atoms with van der Waals surface area (Å²) in [5.41, 5.74) is 0.607. The molecule has 2 aromatic rings. The highest BCUT2D eigenvalue weighted by molar-refractivity contribution is 5.90. The molecule has 156 valence electrons. The number of hydrogen-bond acceptors (Lipinski definition) is 4. The number of carbonyl (C=O) groups is 2. The first-order valence-corrected chi connectivity index (χ1v) is 9.40. The molecule has 0 bridgehead atoms. The maximum atomic E-state index is 14.5. The quantitative estimate of drug-likeness (QED) is 0.520. The number of rotatable bonds is 9. The van der Waals surface area contributed by atoms with Crippen LogP contribution in [0.2, 0.25) is 0 Å². The van der Waals surface area contributed by atoms with Crippen molar-refractivity contribution in [3.8, 4) is 17.2 Å². The smallest absolute Gasteiger partial charge is 0.319 e. The molecule has 3 N–H and O–H groups in total. The Hall–Kier alpha value is -3.29. The van der Waals surface area contributed by atoms with Gasteiger partial charge in [-0.15, -0.1) is 0 Å². The molecule has 0 aliphatic carbocycles. The van der Waals surface area contributed by atoms with E-state index in [1.165, 1.54) is 20.1 Å². The Kier molecular flexibility index (Phi) is 8.27. The number of anilines is 2. The van der Waals surface area contributed by atoms with Crippen molar-refractivity contribution in [1.82, 2.24) is 5.32 Å². The van der Waals surface area contributed by atoms with Gasteiger partial charge in [0.25, 0.3) is 0 Å². The second-order valence-electron chi connectivity index (χ2n) is 6.38. The van der Waals surface area contributed by atoms with Gasteiger partial charge in [0.15, 0.2) is 17.3 Å². The number of halogens is 1. The summed E-state index contributed by atoms with van der Waals surface area (Å²) in [5.74, 6) is 0.0234. The summed E-state index contributed by atoms with van der Waals surface area (Å²) < 4.78 is 25.4. The van der Waals surface area contributed by atoms with Crippen molar-refractivity contribution in [2.75, 3.05) is 24.3 Å². The lowest BCUT2D eigenvalue weighted by Crippen LogP contribution is -2.29. The molecule has 0 aromatic heterocycles. The first-order valence-electron chi connectivity index (χ1n) is 9.40. The van der Waals surface area contributed by atoms with Crippen molar-refractivity contribution in [1.29, 1.82) is 0 Å². The van der Waals surface area contributed by atoms with Gasteiger partial charge in [-0.3, -0.25) is 4.79 Å². The number of hydrogen-bond donors (Lipinski definition) is 3. The molecule has 0 heterocycles. The van der Waals surface area contributed by atoms with E-state index in [4.69, 9.17) is 9.47 Å². The van der Waals surface area contributed by atoms with Crippen LogP contribution in [-0.2, 0) is 4.79 Å². The number of nitrogens with one attached hydrogen (secondary N) is 3. The molecule has 0 saturated carbocycles. The van der Waals surface area contributed by atoms with Gasteiger partial charge in [0.2, 0.25) is 5.91 Å². The maximum Gasteiger partial charge on any atom is 0.319 e. The van der Waals surface area contributed by atoms with Crippen LogP contribution in [0.15, 0.2) is 36.4 Å². The van der Waals surface area contributed by atoms with Crippen LogP contribution < -0.4 is 25.4 Å². The van der Waals surface area contributed by atoms with E-state index in [1.807, 2.05) is 0 Å². The summed E-state index contributed by atoms with van der Waals surface area (Å²) in [7, 11) is 1.43. The first-order chi connectivity index (χ1) is 13.9. The third-order valence-electron chi connectivity index (χ3n) is 3.97. The number of urea groups is 1. The normalized spacial score (nSPS) is 10.2. The van der Waals surface area contributed by atoms with Gasteiger partial charge in [0.05, 0.1) is 12.8 Å². The van der Waals surface area contributed by atoms with E-state index in [0.29, 0.717) is 18.0 Å². The van der Waals surface area contributed by atoms with Gasteiger partial charge in [0, 0.05) is 31.3 Å². The van der Waals surface area contributed by atoms with E-state index in [1.54, 1.807) is 24.3 Å². The molecule has 2 rings (SSSR count). The Morgan fingerprint density at radius 1 is 1.03 bits per heavy atom. The van der Waals surface area contributed by atoms with Gasteiger partial charge in [-0.2, -0.15) is 0 Å². The fourth-order valence-corrected chi connectivity index (χ4v) is 2.55. The second kappa shape index (κ2) is 10.9. The zero-order valence-corrected chi connectivity index (χ0v) is 16.8. The van der Waals surface area contributed by atoms with Crippen molar-refractivity contribution >= 4 is 23.3 Å². The molecule has 8 heteroatoms. The third-order valence-corrected chi connectivity index (χ3v) is 3.97. The fourth-order valence-electron chi connectivity index (χ4n) is 2.55. The number of carbonyl (C=O) groups excluding carboxylic acids is 2. The molecule has 0 atom stereocenters. The molecular formula is C21H26FN3O4. The molecule has 29 heavy (non-hydrogen) atoms. The third kappa shape index (κ3) is 6.99. The van der Waals surface area contributed by atoms with E-state index < -0.39 is 11.8 Å². The van der Waals surface area contributed by atoms with E-state index in [0.717, 1.165) is 25.3 Å². The lowest BCUT2D eigenvalue weighted by atomic mass is 10.2. The van der Waals surface area contributed by atoms with Gasteiger partial charge in [-0.1, -0.05) is 19.8 Å². The van der Waals surface area contributed by atoms with Crippen molar-refractivity contribution in [2.45, 2.75) is 33.1 Å². The average molecular weight is 403 g/mol. The predicted octanol–water partition coefficient (Wildman–Crippen LogP) is 4.90. The molecule has 0 aliphatic heterocycles. The van der Waals surface area contributed by atoms with Crippen LogP contribution in [0.1, 0.15) is 33.1 Å². The minimum atomic E-state index is -0.653. The minimum absolute atomic E-state index is 0.0109. The summed E-state index contributed by atoms with van der Waals surface area (Å²) in [6.45, 7) is 4.01. The van der Waals surface area contributed by atoms with Crippen LogP contribution >= 0.6 is 0 Å². The fraction of sp³-hybridized carbons (Fsp3) is 0.333. The molecule has 0 fully saturated rings. The minimum Gasteiger partial charge on any atom is -0.493 e. The number of amides is 3. The summed E-state index contributed by atoms with van der Waals surface area (Å²) in [6.07, 6.45) is 2.93. The Morgan fingerprint density at radius 3 is 2.38 bits per heavy atom. The van der Waals surface area contributed by atoms with Crippen molar-refractivity contribution in [2.24, 2.45) is 0 Å². The summed E-state index contributed by atoms with van der Waals surface area (Å²) >= 11 is 0. The lowest BCUT2D eigenvalue weighted by Gasteiger charge is -2.14. The van der Waals surface area contributed by atoms with Crippen molar-refractivity contribution in [3.05, 3.63) is 42.2 Å². The number of benzene rings is 2. The van der Waals surface area contributed by atoms with Crippen LogP contribution in [0, 0.1) is 5.82 Å². The van der Waals surface area contributed by atoms with E-state index in [9.17, 15) is 14.0 Å². The van der Waals surface area contributed by atoms with Gasteiger partial charge in [0.1, 0.15) is 5.75 Å². The molecule has 7 nitrogen and oxygen atoms in total. The predicted molar refractivity (Wildman–Crippen MR) is 110 cm³/mol. The van der Waals surface area contributed by atoms with Gasteiger partial charge < -0.3 is 25.4 Å². The highest BCUT2D eigenvalue weighted by Crippen LogP contribution is 2.36. The summed E-state index contributed by atoms with van der Waals surface area (Å²) in [4.78, 5) is 23.0. The first kappa shape index (κ1) is 22.0.